The number of fused-ring (bicyclic) bond motifs is 1. The lowest BCUT2D eigenvalue weighted by Gasteiger charge is -2.22. The molecule has 0 spiro atoms. The molecule has 0 bridgehead atoms. The summed E-state index contributed by atoms with van der Waals surface area (Å²) in [7, 11) is 0. The highest BCUT2D eigenvalue weighted by molar-refractivity contribution is 6.44. The van der Waals surface area contributed by atoms with E-state index < -0.39 is 0 Å². The predicted octanol–water partition coefficient (Wildman–Crippen LogP) is 4.53. The second kappa shape index (κ2) is 7.72. The first-order chi connectivity index (χ1) is 12.5. The Hall–Kier alpha value is -2.63. The summed E-state index contributed by atoms with van der Waals surface area (Å²) in [4.78, 5) is 30.2. The molecule has 0 saturated carbocycles. The number of halogens is 2. The lowest BCUT2D eigenvalue weighted by molar-refractivity contribution is -0.120. The lowest BCUT2D eigenvalue weighted by atomic mass is 10.2. The highest BCUT2D eigenvalue weighted by Gasteiger charge is 2.20. The van der Waals surface area contributed by atoms with Crippen LogP contribution in [0.3, 0.4) is 0 Å². The molecule has 132 valence electrons. The van der Waals surface area contributed by atoms with Crippen molar-refractivity contribution in [3.05, 3.63) is 64.8 Å². The molecule has 2 amide bonds. The fraction of sp³-hybridized carbons (Fsp3) is 0.105. The van der Waals surface area contributed by atoms with Crippen molar-refractivity contribution in [2.24, 2.45) is 0 Å². The highest BCUT2D eigenvalue weighted by atomic mass is 35.5. The number of aromatic nitrogens is 1. The average molecular weight is 388 g/mol. The predicted molar refractivity (Wildman–Crippen MR) is 105 cm³/mol. The summed E-state index contributed by atoms with van der Waals surface area (Å²) in [5, 5.41) is 4.25. The van der Waals surface area contributed by atoms with E-state index in [0.29, 0.717) is 21.9 Å². The van der Waals surface area contributed by atoms with E-state index in [9.17, 15) is 9.59 Å². The number of benzene rings is 2. The molecule has 0 unspecified atom stereocenters. The van der Waals surface area contributed by atoms with Gasteiger partial charge >= 0.3 is 0 Å². The summed E-state index contributed by atoms with van der Waals surface area (Å²) in [6.07, 6.45) is 1.66. The van der Waals surface area contributed by atoms with Gasteiger partial charge in [-0.05, 0) is 24.3 Å². The molecule has 5 nitrogen and oxygen atoms in total. The zero-order valence-electron chi connectivity index (χ0n) is 13.9. The molecule has 0 saturated heterocycles. The number of hydrogen-bond acceptors (Lipinski definition) is 3. The van der Waals surface area contributed by atoms with Crippen LogP contribution in [0, 0.1) is 0 Å². The van der Waals surface area contributed by atoms with Crippen molar-refractivity contribution in [1.82, 2.24) is 4.98 Å². The van der Waals surface area contributed by atoms with E-state index in [0.717, 1.165) is 5.39 Å². The van der Waals surface area contributed by atoms with Crippen LogP contribution < -0.4 is 10.2 Å². The second-order valence-electron chi connectivity index (χ2n) is 5.61. The molecule has 0 aliphatic heterocycles. The topological polar surface area (TPSA) is 62.3 Å². The normalized spacial score (nSPS) is 10.6. The number of carbonyl (C=O) groups excluding carboxylic acids is 2. The molecule has 26 heavy (non-hydrogen) atoms. The molecule has 3 rings (SSSR count). The molecule has 2 aromatic carbocycles. The number of nitrogens with one attached hydrogen (secondary N) is 1. The van der Waals surface area contributed by atoms with Crippen LogP contribution in [0.5, 0.6) is 0 Å². The monoisotopic (exact) mass is 387 g/mol. The van der Waals surface area contributed by atoms with Gasteiger partial charge in [0.05, 0.1) is 26.9 Å². The van der Waals surface area contributed by atoms with Gasteiger partial charge in [0, 0.05) is 18.5 Å². The van der Waals surface area contributed by atoms with E-state index in [4.69, 9.17) is 23.2 Å². The number of amides is 2. The van der Waals surface area contributed by atoms with Crippen LogP contribution in [0.25, 0.3) is 10.9 Å². The van der Waals surface area contributed by atoms with Crippen molar-refractivity contribution >= 4 is 57.3 Å². The van der Waals surface area contributed by atoms with E-state index >= 15 is 0 Å². The van der Waals surface area contributed by atoms with Crippen molar-refractivity contribution in [3.63, 3.8) is 0 Å². The van der Waals surface area contributed by atoms with E-state index in [1.165, 1.54) is 11.8 Å². The molecule has 7 heteroatoms. The molecule has 0 aliphatic carbocycles. The Labute approximate surface area is 160 Å². The molecule has 1 N–H and O–H groups in total. The second-order valence-corrected chi connectivity index (χ2v) is 6.39. The Morgan fingerprint density at radius 3 is 2.58 bits per heavy atom. The largest absolute Gasteiger partial charge is 0.323 e. The van der Waals surface area contributed by atoms with Crippen LogP contribution in [-0.2, 0) is 9.59 Å². The molecule has 3 aromatic rings. The third-order valence-electron chi connectivity index (χ3n) is 3.81. The highest BCUT2D eigenvalue weighted by Crippen LogP contribution is 2.32. The van der Waals surface area contributed by atoms with E-state index in [1.54, 1.807) is 30.5 Å². The maximum Gasteiger partial charge on any atom is 0.244 e. The summed E-state index contributed by atoms with van der Waals surface area (Å²) >= 11 is 12.2. The minimum Gasteiger partial charge on any atom is -0.323 e. The number of anilines is 2. The third kappa shape index (κ3) is 3.79. The van der Waals surface area contributed by atoms with Crippen LogP contribution in [0.15, 0.2) is 54.7 Å². The van der Waals surface area contributed by atoms with Gasteiger partial charge in [-0.2, -0.15) is 0 Å². The first kappa shape index (κ1) is 18.2. The first-order valence-corrected chi connectivity index (χ1v) is 8.58. The third-order valence-corrected chi connectivity index (χ3v) is 4.62. The van der Waals surface area contributed by atoms with Crippen LogP contribution in [0.2, 0.25) is 10.0 Å². The minimum atomic E-state index is -0.366. The van der Waals surface area contributed by atoms with E-state index in [-0.39, 0.29) is 23.4 Å². The number of nitrogens with zero attached hydrogens (tertiary/aromatic N) is 2. The van der Waals surface area contributed by atoms with Crippen molar-refractivity contribution in [1.29, 1.82) is 0 Å². The van der Waals surface area contributed by atoms with E-state index in [2.05, 4.69) is 10.3 Å². The van der Waals surface area contributed by atoms with Gasteiger partial charge < -0.3 is 10.2 Å². The Morgan fingerprint density at radius 2 is 1.81 bits per heavy atom. The summed E-state index contributed by atoms with van der Waals surface area (Å²) < 4.78 is 0. The number of para-hydroxylation sites is 1. The van der Waals surface area contributed by atoms with Crippen molar-refractivity contribution < 1.29 is 9.59 Å². The van der Waals surface area contributed by atoms with Gasteiger partial charge in [0.25, 0.3) is 0 Å². The number of pyridine rings is 1. The molecular weight excluding hydrogens is 373 g/mol. The number of hydrogen-bond donors (Lipinski definition) is 1. The zero-order valence-corrected chi connectivity index (χ0v) is 15.4. The maximum absolute atomic E-state index is 12.5. The summed E-state index contributed by atoms with van der Waals surface area (Å²) in [5.41, 5.74) is 1.64. The summed E-state index contributed by atoms with van der Waals surface area (Å²) in [6.45, 7) is 1.17. The molecule has 0 atom stereocenters. The van der Waals surface area contributed by atoms with Gasteiger partial charge in [-0.3, -0.25) is 14.6 Å². The Kier molecular flexibility index (Phi) is 5.40. The van der Waals surface area contributed by atoms with Gasteiger partial charge in [0.15, 0.2) is 0 Å². The first-order valence-electron chi connectivity index (χ1n) is 7.83. The lowest BCUT2D eigenvalue weighted by Crippen LogP contribution is -2.37. The smallest absolute Gasteiger partial charge is 0.244 e. The molecule has 0 aliphatic rings. The maximum atomic E-state index is 12.5. The molecule has 0 fully saturated rings. The zero-order chi connectivity index (χ0) is 18.7. The van der Waals surface area contributed by atoms with Crippen molar-refractivity contribution in [3.8, 4) is 0 Å². The molecule has 1 aromatic heterocycles. The average Bonchev–Trinajstić information content (AvgIpc) is 2.62. The number of carbonyl (C=O) groups is 2. The van der Waals surface area contributed by atoms with Gasteiger partial charge in [-0.25, -0.2) is 0 Å². The SMILES string of the molecule is CC(=O)N(CC(=O)Nc1cccc2cccnc12)c1cccc(Cl)c1Cl. The van der Waals surface area contributed by atoms with Gasteiger partial charge in [-0.1, -0.05) is 47.5 Å². The fourth-order valence-corrected chi connectivity index (χ4v) is 3.00. The molecule has 1 heterocycles. The van der Waals surface area contributed by atoms with Crippen LogP contribution in [0.1, 0.15) is 6.92 Å². The van der Waals surface area contributed by atoms with Crippen LogP contribution in [0.4, 0.5) is 11.4 Å². The quantitative estimate of drug-likeness (QED) is 0.714. The molecular formula is C19H15Cl2N3O2. The van der Waals surface area contributed by atoms with Gasteiger partial charge in [0.1, 0.15) is 6.54 Å². The number of rotatable bonds is 4. The summed E-state index contributed by atoms with van der Waals surface area (Å²) in [5.74, 6) is -0.685. The Morgan fingerprint density at radius 1 is 1.08 bits per heavy atom. The van der Waals surface area contributed by atoms with Gasteiger partial charge in [0.2, 0.25) is 11.8 Å². The van der Waals surface area contributed by atoms with Crippen molar-refractivity contribution in [2.45, 2.75) is 6.92 Å². The Bertz CT molecular complexity index is 986. The minimum absolute atomic E-state index is 0.196. The standard InChI is InChI=1S/C19H15Cl2N3O2/c1-12(25)24(16-9-3-7-14(20)18(16)21)11-17(26)23-15-8-2-5-13-6-4-10-22-19(13)15/h2-10H,11H2,1H3,(H,23,26). The van der Waals surface area contributed by atoms with Crippen LogP contribution in [-0.4, -0.2) is 23.3 Å². The van der Waals surface area contributed by atoms with E-state index in [1.807, 2.05) is 24.3 Å². The fourth-order valence-electron chi connectivity index (χ4n) is 2.61. The summed E-state index contributed by atoms with van der Waals surface area (Å²) in [6, 6.07) is 14.2. The molecule has 0 radical (unpaired) electrons. The van der Waals surface area contributed by atoms with Gasteiger partial charge in [-0.15, -0.1) is 0 Å². The van der Waals surface area contributed by atoms with Crippen molar-refractivity contribution in [2.75, 3.05) is 16.8 Å². The Balaban J connectivity index is 1.85. The van der Waals surface area contributed by atoms with Crippen LogP contribution >= 0.6 is 23.2 Å².